The first-order valence-corrected chi connectivity index (χ1v) is 24.4. The molecule has 3 atom stereocenters. The van der Waals surface area contributed by atoms with Crippen molar-refractivity contribution >= 4 is 11.9 Å². The minimum atomic E-state index is -0.781. The van der Waals surface area contributed by atoms with Crippen molar-refractivity contribution in [3.63, 3.8) is 0 Å². The predicted molar refractivity (Wildman–Crippen MR) is 237 cm³/mol. The maximum atomic E-state index is 13.1. The number of esters is 1. The number of allylic oxidation sites excluding steroid dienone is 2. The van der Waals surface area contributed by atoms with Gasteiger partial charge in [0.2, 0.25) is 5.91 Å². The Hall–Kier alpha value is -1.40. The lowest BCUT2D eigenvalue weighted by atomic mass is 10.0. The van der Waals surface area contributed by atoms with Gasteiger partial charge < -0.3 is 20.3 Å². The molecule has 0 aromatic carbocycles. The third-order valence-corrected chi connectivity index (χ3v) is 11.3. The predicted octanol–water partition coefficient (Wildman–Crippen LogP) is 14.2. The zero-order chi connectivity index (χ0) is 40.3. The van der Waals surface area contributed by atoms with E-state index in [4.69, 9.17) is 4.74 Å². The topological polar surface area (TPSA) is 95.9 Å². The number of aliphatic hydroxyl groups excluding tert-OH is 2. The van der Waals surface area contributed by atoms with Crippen LogP contribution in [0.15, 0.2) is 12.2 Å². The molecule has 0 fully saturated rings. The van der Waals surface area contributed by atoms with E-state index >= 15 is 0 Å². The van der Waals surface area contributed by atoms with Crippen LogP contribution in [0.2, 0.25) is 0 Å². The number of hydrogen-bond acceptors (Lipinski definition) is 5. The first kappa shape index (κ1) is 53.6. The monoisotopic (exact) mass is 778 g/mol. The van der Waals surface area contributed by atoms with Gasteiger partial charge in [-0.25, -0.2) is 0 Å². The Balaban J connectivity index is 4.56. The van der Waals surface area contributed by atoms with Gasteiger partial charge in [0.05, 0.1) is 25.2 Å². The maximum absolute atomic E-state index is 13.1. The molecule has 0 saturated heterocycles. The van der Waals surface area contributed by atoms with Crippen LogP contribution >= 0.6 is 0 Å². The van der Waals surface area contributed by atoms with E-state index in [0.29, 0.717) is 19.3 Å². The third kappa shape index (κ3) is 39.2. The highest BCUT2D eigenvalue weighted by atomic mass is 16.5. The summed E-state index contributed by atoms with van der Waals surface area (Å²) in [6.07, 6.45) is 46.9. The lowest BCUT2D eigenvalue weighted by Gasteiger charge is -2.24. The van der Waals surface area contributed by atoms with E-state index < -0.39 is 18.2 Å². The summed E-state index contributed by atoms with van der Waals surface area (Å²) in [6.45, 7) is 6.45. The Morgan fingerprint density at radius 3 is 1.35 bits per heavy atom. The Bertz CT molecular complexity index is 832. The summed E-state index contributed by atoms with van der Waals surface area (Å²) >= 11 is 0. The van der Waals surface area contributed by atoms with Gasteiger partial charge in [-0.1, -0.05) is 219 Å². The molecule has 0 aromatic rings. The number of carbonyl (C=O) groups excluding carboxylic acids is 2. The molecule has 0 aliphatic carbocycles. The molecule has 6 heteroatoms. The van der Waals surface area contributed by atoms with Gasteiger partial charge in [-0.3, -0.25) is 9.59 Å². The molecular weight excluding hydrogens is 683 g/mol. The first-order chi connectivity index (χ1) is 27.0. The maximum Gasteiger partial charge on any atom is 0.306 e. The second-order valence-corrected chi connectivity index (χ2v) is 16.9. The van der Waals surface area contributed by atoms with Crippen LogP contribution in [0, 0.1) is 0 Å². The molecule has 0 rings (SSSR count). The van der Waals surface area contributed by atoms with Crippen LogP contribution in [0.5, 0.6) is 0 Å². The summed E-state index contributed by atoms with van der Waals surface area (Å²) in [5.74, 6) is -0.471. The molecule has 1 amide bonds. The number of hydrogen-bond donors (Lipinski definition) is 3. The van der Waals surface area contributed by atoms with Crippen LogP contribution in [0.4, 0.5) is 0 Å². The standard InChI is InChI=1S/C49H95NO5/c1-4-7-10-13-16-19-22-23-24-27-28-31-34-37-40-45(55-49(54)42-39-36-33-30-26-21-18-15-12-9-6-3)43-48(53)50-46(44-51)47(52)41-38-35-32-29-25-20-17-14-11-8-5-2/h15,18,45-47,51-52H,4-14,16-17,19-44H2,1-3H3,(H,50,53)/b18-15-. The molecule has 0 bridgehead atoms. The van der Waals surface area contributed by atoms with E-state index in [1.807, 2.05) is 0 Å². The van der Waals surface area contributed by atoms with E-state index in [1.54, 1.807) is 0 Å². The third-order valence-electron chi connectivity index (χ3n) is 11.3. The molecule has 55 heavy (non-hydrogen) atoms. The Morgan fingerprint density at radius 2 is 0.891 bits per heavy atom. The van der Waals surface area contributed by atoms with Crippen LogP contribution in [0.1, 0.15) is 265 Å². The zero-order valence-electron chi connectivity index (χ0n) is 37.1. The second kappa shape index (κ2) is 43.7. The van der Waals surface area contributed by atoms with Crippen molar-refractivity contribution in [3.8, 4) is 0 Å². The second-order valence-electron chi connectivity index (χ2n) is 16.9. The zero-order valence-corrected chi connectivity index (χ0v) is 37.1. The van der Waals surface area contributed by atoms with E-state index in [-0.39, 0.29) is 24.9 Å². The highest BCUT2D eigenvalue weighted by molar-refractivity contribution is 5.77. The number of aliphatic hydroxyl groups is 2. The van der Waals surface area contributed by atoms with Crippen molar-refractivity contribution in [1.29, 1.82) is 0 Å². The van der Waals surface area contributed by atoms with Gasteiger partial charge in [-0.15, -0.1) is 0 Å². The minimum absolute atomic E-state index is 0.0810. The smallest absolute Gasteiger partial charge is 0.306 e. The van der Waals surface area contributed by atoms with Crippen molar-refractivity contribution in [2.24, 2.45) is 0 Å². The van der Waals surface area contributed by atoms with Gasteiger partial charge in [-0.2, -0.15) is 0 Å². The minimum Gasteiger partial charge on any atom is -0.462 e. The van der Waals surface area contributed by atoms with Crippen LogP contribution in [0.3, 0.4) is 0 Å². The number of amides is 1. The number of carbonyl (C=O) groups is 2. The molecule has 6 nitrogen and oxygen atoms in total. The summed E-state index contributed by atoms with van der Waals surface area (Å²) in [5.41, 5.74) is 0. The van der Waals surface area contributed by atoms with E-state index in [0.717, 1.165) is 51.4 Å². The summed E-state index contributed by atoms with van der Waals surface area (Å²) in [5, 5.41) is 23.7. The average Bonchev–Trinajstić information content (AvgIpc) is 3.18. The number of unbranched alkanes of at least 4 members (excludes halogenated alkanes) is 30. The van der Waals surface area contributed by atoms with Crippen molar-refractivity contribution in [3.05, 3.63) is 12.2 Å². The average molecular weight is 778 g/mol. The van der Waals surface area contributed by atoms with Crippen LogP contribution in [-0.2, 0) is 14.3 Å². The summed E-state index contributed by atoms with van der Waals surface area (Å²) in [6, 6.07) is -0.695. The molecule has 3 N–H and O–H groups in total. The highest BCUT2D eigenvalue weighted by Crippen LogP contribution is 2.18. The number of nitrogens with one attached hydrogen (secondary N) is 1. The fraction of sp³-hybridized carbons (Fsp3) is 0.918. The van der Waals surface area contributed by atoms with E-state index in [1.165, 1.54) is 167 Å². The highest BCUT2D eigenvalue weighted by Gasteiger charge is 2.24. The molecule has 0 aliphatic rings. The number of rotatable bonds is 44. The molecule has 0 saturated carbocycles. The van der Waals surface area contributed by atoms with E-state index in [2.05, 4.69) is 38.2 Å². The first-order valence-electron chi connectivity index (χ1n) is 24.4. The van der Waals surface area contributed by atoms with Gasteiger partial charge in [0.1, 0.15) is 6.10 Å². The normalized spacial score (nSPS) is 13.3. The van der Waals surface area contributed by atoms with Crippen LogP contribution < -0.4 is 5.32 Å². The van der Waals surface area contributed by atoms with Gasteiger partial charge in [-0.05, 0) is 44.9 Å². The molecule has 0 radical (unpaired) electrons. The van der Waals surface area contributed by atoms with Gasteiger partial charge in [0.15, 0.2) is 0 Å². The van der Waals surface area contributed by atoms with Gasteiger partial charge in [0, 0.05) is 6.42 Å². The Kier molecular flexibility index (Phi) is 42.6. The molecular formula is C49H95NO5. The Morgan fingerprint density at radius 1 is 0.509 bits per heavy atom. The molecule has 0 heterocycles. The quantitative estimate of drug-likeness (QED) is 0.0325. The molecule has 3 unspecified atom stereocenters. The molecule has 0 aliphatic heterocycles. The van der Waals surface area contributed by atoms with Gasteiger partial charge in [0.25, 0.3) is 0 Å². The summed E-state index contributed by atoms with van der Waals surface area (Å²) in [4.78, 5) is 26.0. The lowest BCUT2D eigenvalue weighted by molar-refractivity contribution is -0.151. The summed E-state index contributed by atoms with van der Waals surface area (Å²) in [7, 11) is 0. The molecule has 326 valence electrons. The van der Waals surface area contributed by atoms with Crippen molar-refractivity contribution in [2.45, 2.75) is 283 Å². The largest absolute Gasteiger partial charge is 0.462 e. The fourth-order valence-electron chi connectivity index (χ4n) is 7.59. The molecule has 0 spiro atoms. The van der Waals surface area contributed by atoms with Crippen molar-refractivity contribution in [1.82, 2.24) is 5.32 Å². The molecule has 0 aromatic heterocycles. The van der Waals surface area contributed by atoms with Crippen LogP contribution in [-0.4, -0.2) is 46.9 Å². The van der Waals surface area contributed by atoms with E-state index in [9.17, 15) is 19.8 Å². The number of ether oxygens (including phenoxy) is 1. The van der Waals surface area contributed by atoms with Gasteiger partial charge >= 0.3 is 5.97 Å². The lowest BCUT2D eigenvalue weighted by Crippen LogP contribution is -2.46. The van der Waals surface area contributed by atoms with Crippen molar-refractivity contribution in [2.75, 3.05) is 6.61 Å². The SMILES string of the molecule is CCCC/C=C\CCCCCCCC(=O)OC(CCCCCCCCCCCCCCCC)CC(=O)NC(CO)C(O)CCCCCCCCCCCCC. The fourth-order valence-corrected chi connectivity index (χ4v) is 7.59. The van der Waals surface area contributed by atoms with Crippen molar-refractivity contribution < 1.29 is 24.5 Å². The van der Waals surface area contributed by atoms with Crippen LogP contribution in [0.25, 0.3) is 0 Å². The Labute approximate surface area is 342 Å². The summed E-state index contributed by atoms with van der Waals surface area (Å²) < 4.78 is 5.91.